The highest BCUT2D eigenvalue weighted by molar-refractivity contribution is 9.10. The van der Waals surface area contributed by atoms with Crippen LogP contribution in [0, 0.1) is 0 Å². The summed E-state index contributed by atoms with van der Waals surface area (Å²) in [6, 6.07) is 14.9. The highest BCUT2D eigenvalue weighted by atomic mass is 79.9. The molecule has 4 nitrogen and oxygen atoms in total. The van der Waals surface area contributed by atoms with Crippen molar-refractivity contribution in [2.24, 2.45) is 0 Å². The van der Waals surface area contributed by atoms with Crippen LogP contribution in [0.3, 0.4) is 0 Å². The highest BCUT2D eigenvalue weighted by Gasteiger charge is 2.30. The topological polar surface area (TPSA) is 49.4 Å². The van der Waals surface area contributed by atoms with Gasteiger partial charge < -0.3 is 10.2 Å². The lowest BCUT2D eigenvalue weighted by molar-refractivity contribution is -0.140. The summed E-state index contributed by atoms with van der Waals surface area (Å²) in [5, 5.41) is 3.67. The first-order valence-corrected chi connectivity index (χ1v) is 12.6. The molecule has 0 aliphatic carbocycles. The van der Waals surface area contributed by atoms with Crippen molar-refractivity contribution >= 4 is 51.1 Å². The Labute approximate surface area is 203 Å². The molecule has 168 valence electrons. The van der Waals surface area contributed by atoms with Gasteiger partial charge >= 0.3 is 0 Å². The third-order valence-electron chi connectivity index (χ3n) is 4.56. The SMILES string of the molecule is CC[C@@H](C(=O)NC(C)(C)C)N(Cc1ccc(Cl)cc1)C(=O)CSCc1ccc(Br)cc1. The van der Waals surface area contributed by atoms with E-state index in [4.69, 9.17) is 11.6 Å². The van der Waals surface area contributed by atoms with Gasteiger partial charge in [0.1, 0.15) is 6.04 Å². The molecule has 2 rings (SSSR count). The molecule has 0 saturated heterocycles. The van der Waals surface area contributed by atoms with E-state index < -0.39 is 6.04 Å². The number of nitrogens with zero attached hydrogens (tertiary/aromatic N) is 1. The van der Waals surface area contributed by atoms with E-state index in [0.29, 0.717) is 23.7 Å². The lowest BCUT2D eigenvalue weighted by Crippen LogP contribution is -2.53. The molecule has 0 spiro atoms. The molecule has 2 aromatic rings. The van der Waals surface area contributed by atoms with Crippen LogP contribution >= 0.6 is 39.3 Å². The monoisotopic (exact) mass is 524 g/mol. The lowest BCUT2D eigenvalue weighted by atomic mass is 10.1. The Kier molecular flexibility index (Phi) is 9.91. The first-order valence-electron chi connectivity index (χ1n) is 10.3. The number of nitrogens with one attached hydrogen (secondary N) is 1. The molecular weight excluding hydrogens is 496 g/mol. The van der Waals surface area contributed by atoms with Crippen LogP contribution in [-0.2, 0) is 21.9 Å². The molecule has 7 heteroatoms. The molecule has 0 bridgehead atoms. The largest absolute Gasteiger partial charge is 0.350 e. The van der Waals surface area contributed by atoms with Gasteiger partial charge in [0.05, 0.1) is 5.75 Å². The van der Waals surface area contributed by atoms with E-state index in [1.165, 1.54) is 0 Å². The Morgan fingerprint density at radius 1 is 1.06 bits per heavy atom. The van der Waals surface area contributed by atoms with Gasteiger partial charge in [-0.05, 0) is 62.6 Å². The maximum Gasteiger partial charge on any atom is 0.243 e. The highest BCUT2D eigenvalue weighted by Crippen LogP contribution is 2.20. The van der Waals surface area contributed by atoms with Crippen molar-refractivity contribution in [2.45, 2.75) is 58.0 Å². The van der Waals surface area contributed by atoms with Gasteiger partial charge in [-0.2, -0.15) is 0 Å². The number of benzene rings is 2. The van der Waals surface area contributed by atoms with Crippen molar-refractivity contribution in [3.63, 3.8) is 0 Å². The predicted molar refractivity (Wildman–Crippen MR) is 134 cm³/mol. The average Bonchev–Trinajstić information content (AvgIpc) is 2.69. The molecular formula is C24H30BrClN2O2S. The normalized spacial score (nSPS) is 12.3. The number of hydrogen-bond acceptors (Lipinski definition) is 3. The number of carbonyl (C=O) groups excluding carboxylic acids is 2. The summed E-state index contributed by atoms with van der Waals surface area (Å²) in [5.74, 6) is 0.866. The molecule has 0 unspecified atom stereocenters. The van der Waals surface area contributed by atoms with E-state index in [-0.39, 0.29) is 17.4 Å². The first-order chi connectivity index (χ1) is 14.6. The fourth-order valence-electron chi connectivity index (χ4n) is 3.08. The maximum absolute atomic E-state index is 13.2. The number of carbonyl (C=O) groups is 2. The standard InChI is InChI=1S/C24H30BrClN2O2S/c1-5-21(23(30)27-24(2,3)4)28(14-17-8-12-20(26)13-9-17)22(29)16-31-15-18-6-10-19(25)11-7-18/h6-13,21H,5,14-16H2,1-4H3,(H,27,30)/t21-/m0/s1. The Hall–Kier alpha value is -1.50. The number of rotatable bonds is 9. The van der Waals surface area contributed by atoms with Crippen LogP contribution in [0.25, 0.3) is 0 Å². The van der Waals surface area contributed by atoms with Crippen LogP contribution < -0.4 is 5.32 Å². The van der Waals surface area contributed by atoms with Crippen LogP contribution in [0.1, 0.15) is 45.2 Å². The fraction of sp³-hybridized carbons (Fsp3) is 0.417. The summed E-state index contributed by atoms with van der Waals surface area (Å²) in [6.07, 6.45) is 0.540. The van der Waals surface area contributed by atoms with Crippen LogP contribution in [-0.4, -0.2) is 34.0 Å². The zero-order valence-corrected chi connectivity index (χ0v) is 21.6. The van der Waals surface area contributed by atoms with E-state index in [1.807, 2.05) is 64.1 Å². The van der Waals surface area contributed by atoms with Gasteiger partial charge in [-0.3, -0.25) is 9.59 Å². The summed E-state index contributed by atoms with van der Waals surface area (Å²) in [5.41, 5.74) is 1.73. The minimum absolute atomic E-state index is 0.0482. The lowest BCUT2D eigenvalue weighted by Gasteiger charge is -2.33. The van der Waals surface area contributed by atoms with Gasteiger partial charge in [0.25, 0.3) is 0 Å². The second-order valence-electron chi connectivity index (χ2n) is 8.43. The molecule has 0 saturated carbocycles. The maximum atomic E-state index is 13.2. The molecule has 31 heavy (non-hydrogen) atoms. The van der Waals surface area contributed by atoms with Gasteiger partial charge in [0.15, 0.2) is 0 Å². The quantitative estimate of drug-likeness (QED) is 0.433. The fourth-order valence-corrected chi connectivity index (χ4v) is 4.34. The molecule has 0 radical (unpaired) electrons. The van der Waals surface area contributed by atoms with E-state index in [9.17, 15) is 9.59 Å². The van der Waals surface area contributed by atoms with Gasteiger partial charge in [-0.15, -0.1) is 11.8 Å². The average molecular weight is 526 g/mol. The van der Waals surface area contributed by atoms with Gasteiger partial charge in [-0.1, -0.05) is 58.7 Å². The molecule has 0 aliphatic rings. The number of hydrogen-bond donors (Lipinski definition) is 1. The molecule has 0 heterocycles. The van der Waals surface area contributed by atoms with Gasteiger partial charge in [-0.25, -0.2) is 0 Å². The van der Waals surface area contributed by atoms with Gasteiger partial charge in [0, 0.05) is 27.3 Å². The second kappa shape index (κ2) is 11.9. The molecule has 0 aliphatic heterocycles. The first kappa shape index (κ1) is 25.8. The molecule has 2 amide bonds. The van der Waals surface area contributed by atoms with E-state index in [0.717, 1.165) is 21.4 Å². The van der Waals surface area contributed by atoms with Crippen molar-refractivity contribution in [2.75, 3.05) is 5.75 Å². The summed E-state index contributed by atoms with van der Waals surface area (Å²) in [4.78, 5) is 27.9. The summed E-state index contributed by atoms with van der Waals surface area (Å²) in [7, 11) is 0. The molecule has 2 aromatic carbocycles. The Morgan fingerprint density at radius 3 is 2.19 bits per heavy atom. The van der Waals surface area contributed by atoms with Crippen molar-refractivity contribution in [3.8, 4) is 0 Å². The minimum atomic E-state index is -0.532. The Balaban J connectivity index is 2.14. The van der Waals surface area contributed by atoms with Crippen molar-refractivity contribution in [1.82, 2.24) is 10.2 Å². The smallest absolute Gasteiger partial charge is 0.243 e. The Morgan fingerprint density at radius 2 is 1.65 bits per heavy atom. The van der Waals surface area contributed by atoms with Crippen molar-refractivity contribution in [3.05, 3.63) is 69.2 Å². The molecule has 0 fully saturated rings. The molecule has 1 N–H and O–H groups in total. The van der Waals surface area contributed by atoms with Gasteiger partial charge in [0.2, 0.25) is 11.8 Å². The second-order valence-corrected chi connectivity index (χ2v) is 10.8. The predicted octanol–water partition coefficient (Wildman–Crippen LogP) is 6.06. The minimum Gasteiger partial charge on any atom is -0.350 e. The zero-order chi connectivity index (χ0) is 23.0. The molecule has 0 aromatic heterocycles. The van der Waals surface area contributed by atoms with Crippen molar-refractivity contribution < 1.29 is 9.59 Å². The zero-order valence-electron chi connectivity index (χ0n) is 18.5. The summed E-state index contributed by atoms with van der Waals surface area (Å²) >= 11 is 11.0. The number of amides is 2. The summed E-state index contributed by atoms with van der Waals surface area (Å²) < 4.78 is 1.03. The number of halogens is 2. The van der Waals surface area contributed by atoms with Crippen LogP contribution in [0.5, 0.6) is 0 Å². The van der Waals surface area contributed by atoms with E-state index in [2.05, 4.69) is 21.2 Å². The third kappa shape index (κ3) is 8.87. The van der Waals surface area contributed by atoms with Crippen LogP contribution in [0.4, 0.5) is 0 Å². The van der Waals surface area contributed by atoms with E-state index in [1.54, 1.807) is 28.8 Å². The number of thioether (sulfide) groups is 1. The Bertz CT molecular complexity index is 867. The van der Waals surface area contributed by atoms with Crippen molar-refractivity contribution in [1.29, 1.82) is 0 Å². The van der Waals surface area contributed by atoms with Crippen LogP contribution in [0.2, 0.25) is 5.02 Å². The third-order valence-corrected chi connectivity index (χ3v) is 6.33. The van der Waals surface area contributed by atoms with E-state index >= 15 is 0 Å². The summed E-state index contributed by atoms with van der Waals surface area (Å²) in [6.45, 7) is 8.13. The molecule has 1 atom stereocenters. The van der Waals surface area contributed by atoms with Crippen LogP contribution in [0.15, 0.2) is 53.0 Å².